The van der Waals surface area contributed by atoms with E-state index in [9.17, 15) is 4.79 Å². The molecule has 1 aliphatic rings. The molecule has 1 heterocycles. The molecule has 0 spiro atoms. The van der Waals surface area contributed by atoms with Crippen LogP contribution >= 0.6 is 0 Å². The Morgan fingerprint density at radius 1 is 1.38 bits per heavy atom. The van der Waals surface area contributed by atoms with Crippen molar-refractivity contribution in [3.8, 4) is 0 Å². The number of aryl methyl sites for hydroxylation is 1. The van der Waals surface area contributed by atoms with Crippen LogP contribution in [0.2, 0.25) is 0 Å². The van der Waals surface area contributed by atoms with Crippen LogP contribution in [0, 0.1) is 6.92 Å². The molecule has 0 radical (unpaired) electrons. The highest BCUT2D eigenvalue weighted by Crippen LogP contribution is 2.35. The lowest BCUT2D eigenvalue weighted by Crippen LogP contribution is -2.33. The van der Waals surface area contributed by atoms with Crippen LogP contribution in [0.4, 0.5) is 5.69 Å². The van der Waals surface area contributed by atoms with Crippen LogP contribution in [-0.4, -0.2) is 30.1 Å². The minimum Gasteiger partial charge on any atom is -0.465 e. The molecule has 4 heteroatoms. The molecule has 110 valence electrons. The summed E-state index contributed by atoms with van der Waals surface area (Å²) in [6.45, 7) is 4.57. The van der Waals surface area contributed by atoms with Gasteiger partial charge in [0.1, 0.15) is 6.54 Å². The number of aromatic nitrogens is 1. The Bertz CT molecular complexity index is 665. The van der Waals surface area contributed by atoms with Crippen molar-refractivity contribution >= 4 is 22.6 Å². The molecular formula is C17H20N2O2. The number of nitrogens with zero attached hydrogens (tertiary/aromatic N) is 2. The summed E-state index contributed by atoms with van der Waals surface area (Å²) in [5, 5.41) is 1.10. The van der Waals surface area contributed by atoms with E-state index in [0.717, 1.165) is 35.1 Å². The van der Waals surface area contributed by atoms with Crippen molar-refractivity contribution in [1.29, 1.82) is 0 Å². The van der Waals surface area contributed by atoms with E-state index in [1.165, 1.54) is 0 Å². The maximum absolute atomic E-state index is 11.9. The van der Waals surface area contributed by atoms with Gasteiger partial charge in [-0.05, 0) is 38.8 Å². The summed E-state index contributed by atoms with van der Waals surface area (Å²) in [4.78, 5) is 18.6. The third-order valence-corrected chi connectivity index (χ3v) is 3.72. The Morgan fingerprint density at radius 2 is 2.14 bits per heavy atom. The normalized spacial score (nSPS) is 14.2. The molecule has 1 saturated carbocycles. The average Bonchev–Trinajstić information content (AvgIpc) is 3.29. The lowest BCUT2D eigenvalue weighted by atomic mass is 10.1. The molecule has 1 fully saturated rings. The minimum atomic E-state index is -0.164. The van der Waals surface area contributed by atoms with Crippen LogP contribution in [0.15, 0.2) is 30.3 Å². The molecule has 1 aliphatic carbocycles. The zero-order valence-corrected chi connectivity index (χ0v) is 12.5. The average molecular weight is 284 g/mol. The van der Waals surface area contributed by atoms with Gasteiger partial charge in [-0.2, -0.15) is 0 Å². The summed E-state index contributed by atoms with van der Waals surface area (Å²) in [5.41, 5.74) is 3.04. The number of rotatable bonds is 5. The van der Waals surface area contributed by atoms with E-state index < -0.39 is 0 Å². The summed E-state index contributed by atoms with van der Waals surface area (Å²) >= 11 is 0. The maximum Gasteiger partial charge on any atom is 0.325 e. The Labute approximate surface area is 124 Å². The van der Waals surface area contributed by atoms with Crippen molar-refractivity contribution in [3.05, 3.63) is 36.0 Å². The SMILES string of the molecule is CCOC(=O)CN(c1cc(C)nc2ccccc12)C1CC1. The van der Waals surface area contributed by atoms with Gasteiger partial charge < -0.3 is 9.64 Å². The van der Waals surface area contributed by atoms with Gasteiger partial charge in [0, 0.05) is 22.8 Å². The fourth-order valence-electron chi connectivity index (χ4n) is 2.67. The maximum atomic E-state index is 11.9. The fourth-order valence-corrected chi connectivity index (χ4v) is 2.67. The van der Waals surface area contributed by atoms with E-state index in [-0.39, 0.29) is 5.97 Å². The van der Waals surface area contributed by atoms with Crippen molar-refractivity contribution in [3.63, 3.8) is 0 Å². The first-order chi connectivity index (χ1) is 10.2. The molecule has 0 bridgehead atoms. The number of ether oxygens (including phenoxy) is 1. The van der Waals surface area contributed by atoms with Crippen molar-refractivity contribution in [2.24, 2.45) is 0 Å². The first-order valence-electron chi connectivity index (χ1n) is 7.47. The van der Waals surface area contributed by atoms with E-state index in [4.69, 9.17) is 4.74 Å². The van der Waals surface area contributed by atoms with E-state index in [0.29, 0.717) is 19.2 Å². The number of pyridine rings is 1. The molecule has 4 nitrogen and oxygen atoms in total. The summed E-state index contributed by atoms with van der Waals surface area (Å²) in [6, 6.07) is 10.6. The number of carbonyl (C=O) groups is 1. The zero-order chi connectivity index (χ0) is 14.8. The summed E-state index contributed by atoms with van der Waals surface area (Å²) in [7, 11) is 0. The topological polar surface area (TPSA) is 42.4 Å². The standard InChI is InChI=1S/C17H20N2O2/c1-3-21-17(20)11-19(13-8-9-13)16-10-12(2)18-15-7-5-4-6-14(15)16/h4-7,10,13H,3,8-9,11H2,1-2H3. The second-order valence-corrected chi connectivity index (χ2v) is 5.46. The summed E-state index contributed by atoms with van der Waals surface area (Å²) in [6.07, 6.45) is 2.27. The van der Waals surface area contributed by atoms with Crippen molar-refractivity contribution in [1.82, 2.24) is 4.98 Å². The highest BCUT2D eigenvalue weighted by molar-refractivity contribution is 5.93. The van der Waals surface area contributed by atoms with Crippen LogP contribution in [-0.2, 0) is 9.53 Å². The second-order valence-electron chi connectivity index (χ2n) is 5.46. The van der Waals surface area contributed by atoms with Gasteiger partial charge in [-0.1, -0.05) is 18.2 Å². The molecule has 1 aromatic heterocycles. The lowest BCUT2D eigenvalue weighted by Gasteiger charge is -2.25. The quantitative estimate of drug-likeness (QED) is 0.791. The highest BCUT2D eigenvalue weighted by Gasteiger charge is 2.32. The zero-order valence-electron chi connectivity index (χ0n) is 12.5. The van der Waals surface area contributed by atoms with Crippen molar-refractivity contribution < 1.29 is 9.53 Å². The van der Waals surface area contributed by atoms with E-state index >= 15 is 0 Å². The van der Waals surface area contributed by atoms with Gasteiger partial charge in [0.15, 0.2) is 0 Å². The molecule has 3 rings (SSSR count). The molecule has 0 atom stereocenters. The predicted molar refractivity (Wildman–Crippen MR) is 83.5 cm³/mol. The van der Waals surface area contributed by atoms with Gasteiger partial charge in [0.25, 0.3) is 0 Å². The largest absolute Gasteiger partial charge is 0.465 e. The molecule has 21 heavy (non-hydrogen) atoms. The molecule has 0 unspecified atom stereocenters. The second kappa shape index (κ2) is 5.72. The number of benzene rings is 1. The van der Waals surface area contributed by atoms with Crippen LogP contribution in [0.3, 0.4) is 0 Å². The highest BCUT2D eigenvalue weighted by atomic mass is 16.5. The van der Waals surface area contributed by atoms with Crippen LogP contribution in [0.25, 0.3) is 10.9 Å². The van der Waals surface area contributed by atoms with Crippen LogP contribution < -0.4 is 4.90 Å². The van der Waals surface area contributed by atoms with Crippen LogP contribution in [0.5, 0.6) is 0 Å². The Hall–Kier alpha value is -2.10. The monoisotopic (exact) mass is 284 g/mol. The number of hydrogen-bond acceptors (Lipinski definition) is 4. The van der Waals surface area contributed by atoms with E-state index in [1.807, 2.05) is 32.0 Å². The summed E-state index contributed by atoms with van der Waals surface area (Å²) in [5.74, 6) is -0.164. The van der Waals surface area contributed by atoms with Gasteiger partial charge in [0.2, 0.25) is 0 Å². The number of esters is 1. The Balaban J connectivity index is 2.01. The minimum absolute atomic E-state index is 0.164. The van der Waals surface area contributed by atoms with Gasteiger partial charge in [-0.25, -0.2) is 0 Å². The number of para-hydroxylation sites is 1. The van der Waals surface area contributed by atoms with Gasteiger partial charge >= 0.3 is 5.97 Å². The molecule has 0 saturated heterocycles. The number of fused-ring (bicyclic) bond motifs is 1. The van der Waals surface area contributed by atoms with Crippen LogP contribution in [0.1, 0.15) is 25.5 Å². The number of hydrogen-bond donors (Lipinski definition) is 0. The third kappa shape index (κ3) is 2.99. The number of anilines is 1. The predicted octanol–water partition coefficient (Wildman–Crippen LogP) is 3.08. The molecule has 2 aromatic rings. The van der Waals surface area contributed by atoms with E-state index in [2.05, 4.69) is 22.0 Å². The Kier molecular flexibility index (Phi) is 3.78. The molecular weight excluding hydrogens is 264 g/mol. The van der Waals surface area contributed by atoms with Gasteiger partial charge in [-0.15, -0.1) is 0 Å². The summed E-state index contributed by atoms with van der Waals surface area (Å²) < 4.78 is 5.12. The van der Waals surface area contributed by atoms with Gasteiger partial charge in [-0.3, -0.25) is 9.78 Å². The third-order valence-electron chi connectivity index (χ3n) is 3.72. The smallest absolute Gasteiger partial charge is 0.325 e. The fraction of sp³-hybridized carbons (Fsp3) is 0.412. The van der Waals surface area contributed by atoms with Crippen molar-refractivity contribution in [2.45, 2.75) is 32.7 Å². The lowest BCUT2D eigenvalue weighted by molar-refractivity contribution is -0.141. The molecule has 0 aliphatic heterocycles. The molecule has 1 aromatic carbocycles. The van der Waals surface area contributed by atoms with E-state index in [1.54, 1.807) is 0 Å². The van der Waals surface area contributed by atoms with Gasteiger partial charge in [0.05, 0.1) is 12.1 Å². The number of carbonyl (C=O) groups excluding carboxylic acids is 1. The molecule has 0 N–H and O–H groups in total. The van der Waals surface area contributed by atoms with Crippen molar-refractivity contribution in [2.75, 3.05) is 18.1 Å². The molecule has 0 amide bonds. The Morgan fingerprint density at radius 3 is 2.86 bits per heavy atom. The first-order valence-corrected chi connectivity index (χ1v) is 7.47. The first kappa shape index (κ1) is 13.9.